The van der Waals surface area contributed by atoms with Crippen LogP contribution in [0, 0.1) is 6.92 Å². The summed E-state index contributed by atoms with van der Waals surface area (Å²) < 4.78 is 15.5. The summed E-state index contributed by atoms with van der Waals surface area (Å²) in [5, 5.41) is 7.57. The summed E-state index contributed by atoms with van der Waals surface area (Å²) in [4.78, 5) is 40.6. The van der Waals surface area contributed by atoms with Crippen molar-refractivity contribution in [3.63, 3.8) is 0 Å². The second kappa shape index (κ2) is 17.4. The molecule has 0 spiro atoms. The highest BCUT2D eigenvalue weighted by Crippen LogP contribution is 2.11. The monoisotopic (exact) mass is 514 g/mol. The number of carbonyl (C=O) groups excluding carboxylic acids is 2. The Balaban J connectivity index is 0.000000638. The van der Waals surface area contributed by atoms with Crippen LogP contribution in [0.4, 0.5) is 5.95 Å². The van der Waals surface area contributed by atoms with E-state index in [1.165, 1.54) is 6.92 Å². The van der Waals surface area contributed by atoms with Crippen molar-refractivity contribution in [2.24, 2.45) is 0 Å². The Kier molecular flexibility index (Phi) is 14.6. The van der Waals surface area contributed by atoms with Crippen LogP contribution in [0.1, 0.15) is 39.0 Å². The number of benzene rings is 2. The number of esters is 1. The number of aliphatic hydroxyl groups excluding tert-OH is 1. The fourth-order valence-corrected chi connectivity index (χ4v) is 2.82. The Bertz CT molecular complexity index is 1140. The lowest BCUT2D eigenvalue weighted by molar-refractivity contribution is -0.161. The van der Waals surface area contributed by atoms with Gasteiger partial charge in [0.1, 0.15) is 6.61 Å². The molecule has 3 rings (SSSR count). The molecule has 37 heavy (non-hydrogen) atoms. The van der Waals surface area contributed by atoms with Gasteiger partial charge in [0.2, 0.25) is 17.8 Å². The zero-order valence-electron chi connectivity index (χ0n) is 22.6. The fraction of sp³-hybridized carbons (Fsp3) is 0.333. The van der Waals surface area contributed by atoms with Gasteiger partial charge in [-0.15, -0.1) is 0 Å². The minimum Gasteiger partial charge on any atom is -1.00 e. The van der Waals surface area contributed by atoms with Crippen molar-refractivity contribution in [1.29, 1.82) is 0 Å². The molecular formula is C27H36N3O7-. The van der Waals surface area contributed by atoms with Gasteiger partial charge in [-0.1, -0.05) is 60.7 Å². The number of ether oxygens (including phenoxy) is 3. The van der Waals surface area contributed by atoms with E-state index in [9.17, 15) is 14.4 Å². The largest absolute Gasteiger partial charge is 1.00 e. The second-order valence-corrected chi connectivity index (χ2v) is 7.50. The smallest absolute Gasteiger partial charge is 0.343 e. The number of hydrogen-bond donors (Lipinski definition) is 3. The molecule has 4 N–H and O–H groups in total. The van der Waals surface area contributed by atoms with Crippen LogP contribution in [-0.4, -0.2) is 46.1 Å². The summed E-state index contributed by atoms with van der Waals surface area (Å²) in [6.45, 7) is 7.39. The molecule has 0 aliphatic heterocycles. The topological polar surface area (TPSA) is 154 Å². The lowest BCUT2D eigenvalue weighted by Crippen LogP contribution is -2.33. The number of aliphatic hydroxyl groups is 1. The third-order valence-electron chi connectivity index (χ3n) is 4.42. The summed E-state index contributed by atoms with van der Waals surface area (Å²) in [5.74, 6) is -0.669. The Morgan fingerprint density at radius 1 is 1.03 bits per heavy atom. The molecule has 1 aromatic heterocycles. The van der Waals surface area contributed by atoms with E-state index in [2.05, 4.69) is 9.97 Å². The van der Waals surface area contributed by atoms with Crippen LogP contribution >= 0.6 is 0 Å². The molecule has 202 valence electrons. The molecule has 1 heterocycles. The van der Waals surface area contributed by atoms with Crippen molar-refractivity contribution in [3.8, 4) is 5.75 Å². The Hall–Kier alpha value is -4.02. The number of H-pyrrole nitrogens is 1. The lowest BCUT2D eigenvalue weighted by atomic mass is 10.2. The maximum absolute atomic E-state index is 11.6. The van der Waals surface area contributed by atoms with Gasteiger partial charge < -0.3 is 26.5 Å². The van der Waals surface area contributed by atoms with Crippen molar-refractivity contribution < 1.29 is 30.3 Å². The van der Waals surface area contributed by atoms with Crippen LogP contribution in [0.15, 0.2) is 65.5 Å². The SMILES string of the molecule is CCO.CCOC(=O)C(OCc1ccccc1)C(C)=O.Cc1nc(N)[nH]c(=O)c1OCc1ccccc1.[H-]. The number of aryl methyl sites for hydroxylation is 1. The number of ketones is 1. The predicted octanol–water partition coefficient (Wildman–Crippen LogP) is 3.07. The predicted molar refractivity (Wildman–Crippen MR) is 141 cm³/mol. The van der Waals surface area contributed by atoms with E-state index < -0.39 is 12.1 Å². The third kappa shape index (κ3) is 12.0. The van der Waals surface area contributed by atoms with Gasteiger partial charge in [-0.25, -0.2) is 9.78 Å². The van der Waals surface area contributed by atoms with E-state index in [0.29, 0.717) is 12.3 Å². The zero-order valence-corrected chi connectivity index (χ0v) is 21.6. The first-order valence-electron chi connectivity index (χ1n) is 11.7. The molecule has 0 saturated carbocycles. The summed E-state index contributed by atoms with van der Waals surface area (Å²) in [7, 11) is 0. The molecule has 10 nitrogen and oxygen atoms in total. The Morgan fingerprint density at radius 3 is 2.00 bits per heavy atom. The number of hydrogen-bond acceptors (Lipinski definition) is 9. The Labute approximate surface area is 217 Å². The molecule has 0 fully saturated rings. The van der Waals surface area contributed by atoms with Gasteiger partial charge in [0.05, 0.1) is 18.9 Å². The summed E-state index contributed by atoms with van der Waals surface area (Å²) in [6, 6.07) is 18.9. The van der Waals surface area contributed by atoms with Crippen molar-refractivity contribution in [3.05, 3.63) is 87.8 Å². The molecule has 3 aromatic rings. The summed E-state index contributed by atoms with van der Waals surface area (Å²) >= 11 is 0. The second-order valence-electron chi connectivity index (χ2n) is 7.50. The highest BCUT2D eigenvalue weighted by Gasteiger charge is 2.25. The minimum absolute atomic E-state index is 0. The minimum atomic E-state index is -1.13. The van der Waals surface area contributed by atoms with Crippen molar-refractivity contribution in [2.75, 3.05) is 18.9 Å². The van der Waals surface area contributed by atoms with E-state index >= 15 is 0 Å². The summed E-state index contributed by atoms with van der Waals surface area (Å²) in [5.41, 5.74) is 7.44. The lowest BCUT2D eigenvalue weighted by Gasteiger charge is -2.13. The Morgan fingerprint density at radius 2 is 1.54 bits per heavy atom. The number of Topliss-reactive ketones (excluding diaryl/α,β-unsaturated/α-hetero) is 1. The number of nitrogens with one attached hydrogen (secondary N) is 1. The molecule has 1 unspecified atom stereocenters. The average Bonchev–Trinajstić information content (AvgIpc) is 2.86. The van der Waals surface area contributed by atoms with Crippen molar-refractivity contribution >= 4 is 17.7 Å². The van der Waals surface area contributed by atoms with E-state index in [1.807, 2.05) is 60.7 Å². The number of aromatic amines is 1. The molecule has 0 saturated heterocycles. The number of nitrogens with two attached hydrogens (primary N) is 1. The number of carbonyl (C=O) groups is 2. The molecule has 0 aliphatic rings. The van der Waals surface area contributed by atoms with Gasteiger partial charge in [-0.3, -0.25) is 14.6 Å². The van der Waals surface area contributed by atoms with Gasteiger partial charge in [-0.2, -0.15) is 0 Å². The maximum Gasteiger partial charge on any atom is 0.343 e. The van der Waals surface area contributed by atoms with E-state index in [-0.39, 0.29) is 44.3 Å². The van der Waals surface area contributed by atoms with Gasteiger partial charge in [0.25, 0.3) is 5.56 Å². The number of anilines is 1. The van der Waals surface area contributed by atoms with E-state index in [4.69, 9.17) is 25.1 Å². The zero-order chi connectivity index (χ0) is 27.6. The molecule has 0 amide bonds. The summed E-state index contributed by atoms with van der Waals surface area (Å²) in [6.07, 6.45) is -1.13. The first-order valence-corrected chi connectivity index (χ1v) is 11.7. The van der Waals surface area contributed by atoms with Crippen LogP contribution in [0.2, 0.25) is 0 Å². The van der Waals surface area contributed by atoms with Gasteiger partial charge in [0, 0.05) is 6.61 Å². The molecule has 1 atom stereocenters. The first-order chi connectivity index (χ1) is 17.7. The highest BCUT2D eigenvalue weighted by atomic mass is 16.6. The van der Waals surface area contributed by atoms with Gasteiger partial charge in [0.15, 0.2) is 5.78 Å². The maximum atomic E-state index is 11.6. The fourth-order valence-electron chi connectivity index (χ4n) is 2.82. The van der Waals surface area contributed by atoms with Crippen LogP contribution < -0.4 is 16.0 Å². The van der Waals surface area contributed by atoms with Crippen LogP contribution in [-0.2, 0) is 32.3 Å². The first kappa shape index (κ1) is 31.0. The molecular weight excluding hydrogens is 478 g/mol. The third-order valence-corrected chi connectivity index (χ3v) is 4.42. The highest BCUT2D eigenvalue weighted by molar-refractivity contribution is 6.00. The number of aromatic nitrogens is 2. The van der Waals surface area contributed by atoms with E-state index in [0.717, 1.165) is 11.1 Å². The van der Waals surface area contributed by atoms with E-state index in [1.54, 1.807) is 20.8 Å². The molecule has 0 bridgehead atoms. The molecule has 0 radical (unpaired) electrons. The van der Waals surface area contributed by atoms with Crippen LogP contribution in [0.3, 0.4) is 0 Å². The quantitative estimate of drug-likeness (QED) is 0.289. The van der Waals surface area contributed by atoms with Gasteiger partial charge in [-0.05, 0) is 38.8 Å². The van der Waals surface area contributed by atoms with Crippen molar-refractivity contribution in [2.45, 2.75) is 47.0 Å². The molecule has 10 heteroatoms. The van der Waals surface area contributed by atoms with Crippen molar-refractivity contribution in [1.82, 2.24) is 9.97 Å². The normalized spacial score (nSPS) is 10.6. The average molecular weight is 515 g/mol. The standard InChI is InChI=1S/C13H16O4.C12H13N3O2.C2H6O.H/c1-3-16-13(15)12(10(2)14)17-9-11-7-5-4-6-8-11;1-8-10(11(16)15-12(13)14-8)17-7-9-5-3-2-4-6-9;1-2-3;/h4-8,12H,3,9H2,1-2H3;2-6H,7H2,1H3,(H3,13,14,15,16);3H,2H2,1H3;/q;;;-1. The number of rotatable bonds is 9. The van der Waals surface area contributed by atoms with Crippen LogP contribution in [0.25, 0.3) is 0 Å². The molecule has 0 aliphatic carbocycles. The number of nitrogens with zero attached hydrogens (tertiary/aromatic N) is 1. The molecule has 2 aromatic carbocycles. The van der Waals surface area contributed by atoms with Crippen LogP contribution in [0.5, 0.6) is 5.75 Å². The number of nitrogen functional groups attached to an aromatic ring is 1. The van der Waals surface area contributed by atoms with Gasteiger partial charge >= 0.3 is 5.97 Å².